The van der Waals surface area contributed by atoms with Crippen LogP contribution in [0.25, 0.3) is 0 Å². The Morgan fingerprint density at radius 3 is 2.69 bits per heavy atom. The predicted octanol–water partition coefficient (Wildman–Crippen LogP) is 0.888. The summed E-state index contributed by atoms with van der Waals surface area (Å²) in [5.74, 6) is -0.423. The van der Waals surface area contributed by atoms with E-state index in [4.69, 9.17) is 15.6 Å². The highest BCUT2D eigenvalue weighted by molar-refractivity contribution is 5.85. The number of hydrogen-bond donors (Lipinski definition) is 2. The van der Waals surface area contributed by atoms with E-state index in [9.17, 15) is 4.79 Å². The van der Waals surface area contributed by atoms with Crippen LogP contribution in [0.5, 0.6) is 5.75 Å². The summed E-state index contributed by atoms with van der Waals surface area (Å²) in [5, 5.41) is 8.59. The van der Waals surface area contributed by atoms with Crippen molar-refractivity contribution in [2.45, 2.75) is 12.5 Å². The highest BCUT2D eigenvalue weighted by atomic mass is 35.5. The van der Waals surface area contributed by atoms with E-state index in [-0.39, 0.29) is 31.2 Å². The van der Waals surface area contributed by atoms with E-state index >= 15 is 0 Å². The van der Waals surface area contributed by atoms with Crippen LogP contribution in [0.2, 0.25) is 0 Å². The maximum absolute atomic E-state index is 10.5. The third-order valence-corrected chi connectivity index (χ3v) is 1.78. The second-order valence-corrected chi connectivity index (χ2v) is 2.88. The van der Waals surface area contributed by atoms with Gasteiger partial charge in [0.15, 0.2) is 0 Å². The van der Waals surface area contributed by atoms with E-state index in [0.29, 0.717) is 5.75 Å². The van der Waals surface area contributed by atoms with Crippen molar-refractivity contribution in [3.05, 3.63) is 24.0 Å². The van der Waals surface area contributed by atoms with E-state index < -0.39 is 12.0 Å². The lowest BCUT2D eigenvalue weighted by atomic mass is 10.1. The van der Waals surface area contributed by atoms with E-state index in [1.165, 1.54) is 7.11 Å². The number of rotatable bonds is 4. The molecule has 1 aromatic heterocycles. The van der Waals surface area contributed by atoms with Gasteiger partial charge < -0.3 is 15.6 Å². The fraction of sp³-hybridized carbons (Fsp3) is 0.333. The summed E-state index contributed by atoms with van der Waals surface area (Å²) < 4.78 is 4.95. The maximum Gasteiger partial charge on any atom is 0.320 e. The number of methoxy groups -OCH3 is 1. The van der Waals surface area contributed by atoms with Gasteiger partial charge in [0, 0.05) is 6.20 Å². The first-order chi connectivity index (χ1) is 6.63. The summed E-state index contributed by atoms with van der Waals surface area (Å²) in [6.45, 7) is 0. The van der Waals surface area contributed by atoms with E-state index in [1.54, 1.807) is 18.5 Å². The van der Waals surface area contributed by atoms with Crippen molar-refractivity contribution in [1.29, 1.82) is 0 Å². The molecule has 16 heavy (non-hydrogen) atoms. The average Bonchev–Trinajstić information content (AvgIpc) is 2.18. The third-order valence-electron chi connectivity index (χ3n) is 1.78. The second-order valence-electron chi connectivity index (χ2n) is 2.88. The minimum atomic E-state index is -1.02. The predicted molar refractivity (Wildman–Crippen MR) is 64.6 cm³/mol. The Morgan fingerprint density at radius 1 is 1.56 bits per heavy atom. The number of aromatic nitrogens is 1. The van der Waals surface area contributed by atoms with Gasteiger partial charge in [0.25, 0.3) is 0 Å². The molecule has 0 saturated carbocycles. The van der Waals surface area contributed by atoms with Crippen LogP contribution >= 0.6 is 24.8 Å². The SMILES string of the molecule is COc1cncc(CC(N)C(=O)O)c1.Cl.Cl. The van der Waals surface area contributed by atoms with Crippen molar-refractivity contribution in [2.24, 2.45) is 5.73 Å². The summed E-state index contributed by atoms with van der Waals surface area (Å²) >= 11 is 0. The quantitative estimate of drug-likeness (QED) is 0.847. The number of ether oxygens (including phenoxy) is 1. The molecular formula is C9H14Cl2N2O3. The zero-order chi connectivity index (χ0) is 10.6. The Balaban J connectivity index is 0. The van der Waals surface area contributed by atoms with Gasteiger partial charge in [-0.05, 0) is 18.1 Å². The minimum Gasteiger partial charge on any atom is -0.495 e. The number of carbonyl (C=O) groups is 1. The van der Waals surface area contributed by atoms with E-state index in [1.807, 2.05) is 0 Å². The van der Waals surface area contributed by atoms with Crippen LogP contribution in [-0.4, -0.2) is 29.2 Å². The Bertz CT molecular complexity index is 336. The van der Waals surface area contributed by atoms with Crippen molar-refractivity contribution < 1.29 is 14.6 Å². The van der Waals surface area contributed by atoms with Crippen molar-refractivity contribution in [3.63, 3.8) is 0 Å². The molecule has 0 aliphatic carbocycles. The molecule has 0 saturated heterocycles. The molecule has 92 valence electrons. The summed E-state index contributed by atoms with van der Waals surface area (Å²) in [6.07, 6.45) is 3.38. The van der Waals surface area contributed by atoms with Crippen molar-refractivity contribution >= 4 is 30.8 Å². The maximum atomic E-state index is 10.5. The first-order valence-electron chi connectivity index (χ1n) is 4.10. The summed E-state index contributed by atoms with van der Waals surface area (Å²) in [7, 11) is 1.53. The van der Waals surface area contributed by atoms with Gasteiger partial charge in [-0.25, -0.2) is 0 Å². The topological polar surface area (TPSA) is 85.4 Å². The fourth-order valence-electron chi connectivity index (χ4n) is 1.03. The molecule has 1 atom stereocenters. The molecule has 0 spiro atoms. The molecule has 5 nitrogen and oxygen atoms in total. The summed E-state index contributed by atoms with van der Waals surface area (Å²) in [6, 6.07) is 0.819. The van der Waals surface area contributed by atoms with Gasteiger partial charge in [-0.2, -0.15) is 0 Å². The summed E-state index contributed by atoms with van der Waals surface area (Å²) in [4.78, 5) is 14.4. The molecule has 1 aromatic rings. The molecule has 0 aliphatic rings. The molecule has 0 aromatic carbocycles. The normalized spacial score (nSPS) is 10.6. The van der Waals surface area contributed by atoms with Crippen LogP contribution in [0, 0.1) is 0 Å². The number of hydrogen-bond acceptors (Lipinski definition) is 4. The van der Waals surface area contributed by atoms with Crippen molar-refractivity contribution in [1.82, 2.24) is 4.98 Å². The Labute approximate surface area is 106 Å². The molecule has 7 heteroatoms. The number of halogens is 2. The lowest BCUT2D eigenvalue weighted by molar-refractivity contribution is -0.138. The minimum absolute atomic E-state index is 0. The van der Waals surface area contributed by atoms with Crippen LogP contribution < -0.4 is 10.5 Å². The third kappa shape index (κ3) is 5.16. The molecular weight excluding hydrogens is 255 g/mol. The number of carboxylic acid groups (broad SMARTS) is 1. The Morgan fingerprint density at radius 2 is 2.19 bits per heavy atom. The van der Waals surface area contributed by atoms with Gasteiger partial charge in [-0.15, -0.1) is 24.8 Å². The van der Waals surface area contributed by atoms with Crippen LogP contribution in [0.3, 0.4) is 0 Å². The Kier molecular flexibility index (Phi) is 8.84. The van der Waals surface area contributed by atoms with Crippen molar-refractivity contribution in [2.75, 3.05) is 7.11 Å². The largest absolute Gasteiger partial charge is 0.495 e. The van der Waals surface area contributed by atoms with E-state index in [0.717, 1.165) is 5.56 Å². The standard InChI is InChI=1S/C9H12N2O3.2ClH/c1-14-7-2-6(4-11-5-7)3-8(10)9(12)13;;/h2,4-5,8H,3,10H2,1H3,(H,12,13);2*1H. The van der Waals surface area contributed by atoms with Gasteiger partial charge in [0.05, 0.1) is 13.3 Å². The van der Waals surface area contributed by atoms with Crippen LogP contribution in [-0.2, 0) is 11.2 Å². The zero-order valence-electron chi connectivity index (χ0n) is 8.62. The number of carboxylic acids is 1. The second kappa shape index (κ2) is 8.15. The molecule has 3 N–H and O–H groups in total. The zero-order valence-corrected chi connectivity index (χ0v) is 10.3. The average molecular weight is 269 g/mol. The number of nitrogens with two attached hydrogens (primary N) is 1. The van der Waals surface area contributed by atoms with Gasteiger partial charge in [-0.3, -0.25) is 9.78 Å². The highest BCUT2D eigenvalue weighted by Gasteiger charge is 2.12. The Hall–Kier alpha value is -1.04. The molecule has 1 rings (SSSR count). The smallest absolute Gasteiger partial charge is 0.320 e. The summed E-state index contributed by atoms with van der Waals surface area (Å²) in [5.41, 5.74) is 6.12. The van der Waals surface area contributed by atoms with Crippen molar-refractivity contribution in [3.8, 4) is 5.75 Å². The van der Waals surface area contributed by atoms with Gasteiger partial charge in [0.1, 0.15) is 11.8 Å². The van der Waals surface area contributed by atoms with Crippen LogP contribution in [0.4, 0.5) is 0 Å². The van der Waals surface area contributed by atoms with Gasteiger partial charge in [-0.1, -0.05) is 0 Å². The number of nitrogens with zero attached hydrogens (tertiary/aromatic N) is 1. The number of pyridine rings is 1. The molecule has 1 unspecified atom stereocenters. The molecule has 0 radical (unpaired) electrons. The molecule has 0 bridgehead atoms. The first kappa shape index (κ1) is 17.4. The fourth-order valence-corrected chi connectivity index (χ4v) is 1.03. The monoisotopic (exact) mass is 268 g/mol. The molecule has 0 aliphatic heterocycles. The van der Waals surface area contributed by atoms with Gasteiger partial charge in [0.2, 0.25) is 0 Å². The molecule has 1 heterocycles. The highest BCUT2D eigenvalue weighted by Crippen LogP contribution is 2.11. The van der Waals surface area contributed by atoms with E-state index in [2.05, 4.69) is 4.98 Å². The lowest BCUT2D eigenvalue weighted by Crippen LogP contribution is -2.32. The van der Waals surface area contributed by atoms with Crippen LogP contribution in [0.1, 0.15) is 5.56 Å². The first-order valence-corrected chi connectivity index (χ1v) is 4.10. The molecule has 0 amide bonds. The molecule has 0 fully saturated rings. The number of aliphatic carboxylic acids is 1. The van der Waals surface area contributed by atoms with Gasteiger partial charge >= 0.3 is 5.97 Å². The lowest BCUT2D eigenvalue weighted by Gasteiger charge is -2.06. The van der Waals surface area contributed by atoms with Crippen LogP contribution in [0.15, 0.2) is 18.5 Å².